The Labute approximate surface area is 327 Å². The molecule has 11 aromatic rings. The van der Waals surface area contributed by atoms with Gasteiger partial charge in [0.05, 0.1) is 11.4 Å². The van der Waals surface area contributed by atoms with Crippen LogP contribution in [0.2, 0.25) is 0 Å². The summed E-state index contributed by atoms with van der Waals surface area (Å²) in [5.41, 5.74) is 13.1. The molecule has 0 aliphatic heterocycles. The van der Waals surface area contributed by atoms with E-state index in [4.69, 9.17) is 14.4 Å². The Morgan fingerprint density at radius 2 is 1.07 bits per heavy atom. The first-order chi connectivity index (χ1) is 27.7. The number of thiophene rings is 1. The monoisotopic (exact) mass is 733 g/mol. The maximum atomic E-state index is 6.71. The van der Waals surface area contributed by atoms with Gasteiger partial charge in [0.25, 0.3) is 0 Å². The van der Waals surface area contributed by atoms with E-state index in [-0.39, 0.29) is 0 Å². The van der Waals surface area contributed by atoms with E-state index >= 15 is 0 Å². The van der Waals surface area contributed by atoms with E-state index in [0.29, 0.717) is 5.82 Å². The second-order valence-corrected chi connectivity index (χ2v) is 15.1. The first kappa shape index (κ1) is 32.2. The highest BCUT2D eigenvalue weighted by Crippen LogP contribution is 2.44. The number of hydrogen-bond donors (Lipinski definition) is 0. The molecule has 0 aliphatic rings. The molecule has 0 bridgehead atoms. The van der Waals surface area contributed by atoms with Crippen molar-refractivity contribution < 1.29 is 4.42 Å². The normalized spacial score (nSPS) is 11.6. The molecule has 0 saturated heterocycles. The minimum atomic E-state index is 0.671. The molecule has 0 spiro atoms. The van der Waals surface area contributed by atoms with Crippen molar-refractivity contribution in [2.45, 2.75) is 0 Å². The lowest BCUT2D eigenvalue weighted by Gasteiger charge is -2.12. The van der Waals surface area contributed by atoms with Crippen molar-refractivity contribution in [2.75, 3.05) is 0 Å². The lowest BCUT2D eigenvalue weighted by atomic mass is 9.93. The zero-order chi connectivity index (χ0) is 37.0. The highest BCUT2D eigenvalue weighted by molar-refractivity contribution is 7.25. The summed E-state index contributed by atoms with van der Waals surface area (Å²) in [4.78, 5) is 14.6. The standard InChI is InChI=1S/C51H31N3OS/c1-2-10-33(11-3-1)44-30-45(54-51(53-44)37-13-8-12-35(28-37)38-14-9-27-52-31-38)34-21-19-32(20-22-34)40-25-24-39(49-42-16-4-6-17-46(42)55-50(40)49)36-23-26-48-43(29-36)41-15-5-7-18-47(41)56-48/h1-31H. The lowest BCUT2D eigenvalue weighted by Crippen LogP contribution is -1.96. The van der Waals surface area contributed by atoms with Gasteiger partial charge in [-0.2, -0.15) is 0 Å². The van der Waals surface area contributed by atoms with Gasteiger partial charge in [-0.1, -0.05) is 127 Å². The molecule has 7 aromatic carbocycles. The van der Waals surface area contributed by atoms with E-state index in [1.54, 1.807) is 6.20 Å². The maximum absolute atomic E-state index is 6.71. The van der Waals surface area contributed by atoms with Crippen LogP contribution in [0.25, 0.3) is 109 Å². The fourth-order valence-corrected chi connectivity index (χ4v) is 8.95. The van der Waals surface area contributed by atoms with Gasteiger partial charge in [-0.25, -0.2) is 9.97 Å². The number of nitrogens with zero attached hydrogens (tertiary/aromatic N) is 3. The van der Waals surface area contributed by atoms with Crippen LogP contribution >= 0.6 is 11.3 Å². The van der Waals surface area contributed by atoms with Crippen LogP contribution in [-0.2, 0) is 0 Å². The maximum Gasteiger partial charge on any atom is 0.160 e. The van der Waals surface area contributed by atoms with E-state index < -0.39 is 0 Å². The Morgan fingerprint density at radius 3 is 1.91 bits per heavy atom. The molecule has 0 saturated carbocycles. The largest absolute Gasteiger partial charge is 0.455 e. The van der Waals surface area contributed by atoms with E-state index in [9.17, 15) is 0 Å². The molecule has 0 N–H and O–H groups in total. The lowest BCUT2D eigenvalue weighted by molar-refractivity contribution is 0.670. The van der Waals surface area contributed by atoms with E-state index in [2.05, 4.69) is 151 Å². The van der Waals surface area contributed by atoms with Crippen LogP contribution in [0.4, 0.5) is 0 Å². The Bertz CT molecular complexity index is 3240. The number of rotatable bonds is 6. The average Bonchev–Trinajstić information content (AvgIpc) is 3.85. The Morgan fingerprint density at radius 1 is 0.411 bits per heavy atom. The summed E-state index contributed by atoms with van der Waals surface area (Å²) >= 11 is 1.84. The molecule has 0 aliphatic carbocycles. The predicted octanol–water partition coefficient (Wildman–Crippen LogP) is 14.1. The Kier molecular flexibility index (Phi) is 7.64. The predicted molar refractivity (Wildman–Crippen MR) is 233 cm³/mol. The third-order valence-corrected chi connectivity index (χ3v) is 11.8. The Hall–Kier alpha value is -7.21. The van der Waals surface area contributed by atoms with Crippen molar-refractivity contribution in [3.8, 4) is 67.3 Å². The molecule has 0 amide bonds. The number of furan rings is 1. The van der Waals surface area contributed by atoms with Gasteiger partial charge < -0.3 is 4.42 Å². The van der Waals surface area contributed by atoms with Gasteiger partial charge in [0, 0.05) is 71.2 Å². The highest BCUT2D eigenvalue weighted by Gasteiger charge is 2.19. The number of aromatic nitrogens is 3. The number of pyridine rings is 1. The summed E-state index contributed by atoms with van der Waals surface area (Å²) in [6.07, 6.45) is 3.67. The fraction of sp³-hybridized carbons (Fsp3) is 0. The number of hydrogen-bond acceptors (Lipinski definition) is 5. The van der Waals surface area contributed by atoms with E-state index in [1.165, 1.54) is 25.7 Å². The third-order valence-electron chi connectivity index (χ3n) is 10.6. The molecular weight excluding hydrogens is 703 g/mol. The van der Waals surface area contributed by atoms with Gasteiger partial charge in [-0.05, 0) is 70.8 Å². The second kappa shape index (κ2) is 13.3. The summed E-state index contributed by atoms with van der Waals surface area (Å²) in [5, 5.41) is 4.82. The van der Waals surface area contributed by atoms with Gasteiger partial charge in [0.15, 0.2) is 5.82 Å². The molecule has 56 heavy (non-hydrogen) atoms. The van der Waals surface area contributed by atoms with Crippen molar-refractivity contribution in [3.05, 3.63) is 188 Å². The average molecular weight is 734 g/mol. The van der Waals surface area contributed by atoms with Crippen LogP contribution in [-0.4, -0.2) is 15.0 Å². The quantitative estimate of drug-likeness (QED) is 0.171. The van der Waals surface area contributed by atoms with Crippen LogP contribution in [0, 0.1) is 0 Å². The molecule has 4 nitrogen and oxygen atoms in total. The molecular formula is C51H31N3OS. The molecule has 0 atom stereocenters. The summed E-state index contributed by atoms with van der Waals surface area (Å²) < 4.78 is 9.31. The van der Waals surface area contributed by atoms with Gasteiger partial charge in [0.2, 0.25) is 0 Å². The summed E-state index contributed by atoms with van der Waals surface area (Å²) in [6, 6.07) is 61.7. The van der Waals surface area contributed by atoms with Crippen molar-refractivity contribution in [1.82, 2.24) is 15.0 Å². The van der Waals surface area contributed by atoms with Gasteiger partial charge in [0.1, 0.15) is 11.2 Å². The molecule has 11 rings (SSSR count). The second-order valence-electron chi connectivity index (χ2n) is 14.0. The van der Waals surface area contributed by atoms with Crippen molar-refractivity contribution in [3.63, 3.8) is 0 Å². The van der Waals surface area contributed by atoms with Crippen molar-refractivity contribution in [2.24, 2.45) is 0 Å². The minimum Gasteiger partial charge on any atom is -0.455 e. The topological polar surface area (TPSA) is 51.8 Å². The van der Waals surface area contributed by atoms with Crippen molar-refractivity contribution >= 4 is 53.4 Å². The van der Waals surface area contributed by atoms with Crippen LogP contribution in [0.3, 0.4) is 0 Å². The molecule has 0 fully saturated rings. The van der Waals surface area contributed by atoms with Crippen LogP contribution < -0.4 is 0 Å². The zero-order valence-electron chi connectivity index (χ0n) is 30.1. The molecule has 5 heteroatoms. The summed E-state index contributed by atoms with van der Waals surface area (Å²) in [7, 11) is 0. The van der Waals surface area contributed by atoms with Crippen LogP contribution in [0.5, 0.6) is 0 Å². The van der Waals surface area contributed by atoms with Crippen LogP contribution in [0.15, 0.2) is 193 Å². The Balaban J connectivity index is 1.02. The number of fused-ring (bicyclic) bond motifs is 6. The smallest absolute Gasteiger partial charge is 0.160 e. The van der Waals surface area contributed by atoms with Crippen LogP contribution in [0.1, 0.15) is 0 Å². The third kappa shape index (κ3) is 5.56. The fourth-order valence-electron chi connectivity index (χ4n) is 7.86. The first-order valence-electron chi connectivity index (χ1n) is 18.7. The van der Waals surface area contributed by atoms with Gasteiger partial charge in [-0.3, -0.25) is 4.98 Å². The summed E-state index contributed by atoms with van der Waals surface area (Å²) in [5.74, 6) is 0.671. The van der Waals surface area contributed by atoms with Crippen molar-refractivity contribution in [1.29, 1.82) is 0 Å². The molecule has 4 aromatic heterocycles. The van der Waals surface area contributed by atoms with Gasteiger partial charge >= 0.3 is 0 Å². The number of para-hydroxylation sites is 1. The minimum absolute atomic E-state index is 0.671. The summed E-state index contributed by atoms with van der Waals surface area (Å²) in [6.45, 7) is 0. The molecule has 0 radical (unpaired) electrons. The SMILES string of the molecule is c1ccc(-c2cc(-c3ccc(-c4ccc(-c5ccc6sc7ccccc7c6c5)c5c4oc4ccccc45)cc3)nc(-c3cccc(-c4cccnc4)c3)n2)cc1. The molecule has 262 valence electrons. The van der Waals surface area contributed by atoms with Gasteiger partial charge in [-0.15, -0.1) is 11.3 Å². The highest BCUT2D eigenvalue weighted by atomic mass is 32.1. The van der Waals surface area contributed by atoms with E-state index in [0.717, 1.165) is 77.8 Å². The van der Waals surface area contributed by atoms with E-state index in [1.807, 2.05) is 47.9 Å². The molecule has 4 heterocycles. The molecule has 0 unspecified atom stereocenters. The first-order valence-corrected chi connectivity index (χ1v) is 19.5. The zero-order valence-corrected chi connectivity index (χ0v) is 30.9. The number of benzene rings is 7.